The molecule has 0 radical (unpaired) electrons. The molecule has 0 amide bonds. The molecule has 0 aromatic heterocycles. The second kappa shape index (κ2) is 10.2. The van der Waals surface area contributed by atoms with Crippen LogP contribution in [0.5, 0.6) is 5.75 Å². The highest BCUT2D eigenvalue weighted by atomic mass is 35.5. The van der Waals surface area contributed by atoms with Crippen LogP contribution in [-0.2, 0) is 11.2 Å². The first-order chi connectivity index (χ1) is 13.5. The van der Waals surface area contributed by atoms with Crippen molar-refractivity contribution in [3.63, 3.8) is 0 Å². The first-order valence-corrected chi connectivity index (χ1v) is 9.99. The van der Waals surface area contributed by atoms with E-state index < -0.39 is 6.10 Å². The predicted octanol–water partition coefficient (Wildman–Crippen LogP) is 4.45. The molecule has 152 valence electrons. The molecule has 0 spiro atoms. The summed E-state index contributed by atoms with van der Waals surface area (Å²) >= 11 is 6.05. The first-order valence-electron chi connectivity index (χ1n) is 9.61. The van der Waals surface area contributed by atoms with Gasteiger partial charge in [0.2, 0.25) is 0 Å². The molecule has 1 saturated heterocycles. The largest absolute Gasteiger partial charge is 0.467 e. The van der Waals surface area contributed by atoms with Gasteiger partial charge in [0.25, 0.3) is 0 Å². The van der Waals surface area contributed by atoms with Crippen LogP contribution in [0.2, 0.25) is 5.02 Å². The molecule has 3 rings (SSSR count). The van der Waals surface area contributed by atoms with Gasteiger partial charge >= 0.3 is 0 Å². The summed E-state index contributed by atoms with van der Waals surface area (Å²) in [5.74, 6) is 0.951. The lowest BCUT2D eigenvalue weighted by molar-refractivity contribution is 0.0450. The fourth-order valence-corrected chi connectivity index (χ4v) is 3.86. The number of β-amino-alcohol motifs (C(OH)–C–C–N with tert-alkyl or cyclic N) is 1. The molecule has 0 bridgehead atoms. The lowest BCUT2D eigenvalue weighted by Gasteiger charge is -2.33. The van der Waals surface area contributed by atoms with Crippen LogP contribution in [-0.4, -0.2) is 43.5 Å². The monoisotopic (exact) mass is 407 g/mol. The van der Waals surface area contributed by atoms with E-state index in [-0.39, 0.29) is 12.6 Å². The van der Waals surface area contributed by atoms with Gasteiger partial charge in [-0.25, -0.2) is 4.39 Å². The SMILES string of the molecule is COCOc1cc(Cl)ccc1C(O)CN1CCC(Cc2ccc(F)cc2)CC1. The molecule has 1 unspecified atom stereocenters. The minimum absolute atomic E-state index is 0.106. The average Bonchev–Trinajstić information content (AvgIpc) is 2.69. The molecule has 1 heterocycles. The van der Waals surface area contributed by atoms with Gasteiger partial charge < -0.3 is 19.5 Å². The van der Waals surface area contributed by atoms with Gasteiger partial charge in [0.15, 0.2) is 6.79 Å². The Hall–Kier alpha value is -1.66. The van der Waals surface area contributed by atoms with Crippen molar-refractivity contribution in [2.75, 3.05) is 33.5 Å². The summed E-state index contributed by atoms with van der Waals surface area (Å²) in [6.07, 6.45) is 2.45. The number of nitrogens with zero attached hydrogens (tertiary/aromatic N) is 1. The number of ether oxygens (including phenoxy) is 2. The zero-order valence-corrected chi connectivity index (χ0v) is 16.9. The number of hydrogen-bond acceptors (Lipinski definition) is 4. The summed E-state index contributed by atoms with van der Waals surface area (Å²) in [4.78, 5) is 2.28. The fraction of sp³-hybridized carbons (Fsp3) is 0.455. The fourth-order valence-electron chi connectivity index (χ4n) is 3.70. The Bertz CT molecular complexity index is 748. The van der Waals surface area contributed by atoms with E-state index in [4.69, 9.17) is 21.1 Å². The summed E-state index contributed by atoms with van der Waals surface area (Å²) in [5, 5.41) is 11.3. The van der Waals surface area contributed by atoms with E-state index in [1.165, 1.54) is 17.7 Å². The van der Waals surface area contributed by atoms with E-state index in [0.29, 0.717) is 23.2 Å². The van der Waals surface area contributed by atoms with E-state index in [2.05, 4.69) is 4.90 Å². The van der Waals surface area contributed by atoms with Gasteiger partial charge in [0.05, 0.1) is 6.10 Å². The molecule has 1 N–H and O–H groups in total. The maximum Gasteiger partial charge on any atom is 0.188 e. The second-order valence-electron chi connectivity index (χ2n) is 7.32. The van der Waals surface area contributed by atoms with Crippen LogP contribution in [0.3, 0.4) is 0 Å². The molecule has 2 aromatic rings. The van der Waals surface area contributed by atoms with Gasteiger partial charge in [0, 0.05) is 24.2 Å². The van der Waals surface area contributed by atoms with E-state index >= 15 is 0 Å². The van der Waals surface area contributed by atoms with Crippen molar-refractivity contribution in [2.45, 2.75) is 25.4 Å². The lowest BCUT2D eigenvalue weighted by atomic mass is 9.90. The van der Waals surface area contributed by atoms with Gasteiger partial charge in [-0.05, 0) is 68.1 Å². The lowest BCUT2D eigenvalue weighted by Crippen LogP contribution is -2.37. The van der Waals surface area contributed by atoms with Crippen LogP contribution >= 0.6 is 11.6 Å². The highest BCUT2D eigenvalue weighted by molar-refractivity contribution is 6.30. The smallest absolute Gasteiger partial charge is 0.188 e. The predicted molar refractivity (Wildman–Crippen MR) is 108 cm³/mol. The minimum atomic E-state index is -0.655. The molecule has 6 heteroatoms. The molecule has 1 aliphatic rings. The summed E-state index contributed by atoms with van der Waals surface area (Å²) in [5.41, 5.74) is 1.90. The van der Waals surface area contributed by atoms with Crippen LogP contribution in [0, 0.1) is 11.7 Å². The number of rotatable bonds is 8. The number of hydrogen-bond donors (Lipinski definition) is 1. The Balaban J connectivity index is 1.52. The number of benzene rings is 2. The molecule has 28 heavy (non-hydrogen) atoms. The zero-order chi connectivity index (χ0) is 19.9. The Morgan fingerprint density at radius 3 is 2.57 bits per heavy atom. The molecule has 1 atom stereocenters. The summed E-state index contributed by atoms with van der Waals surface area (Å²) in [6, 6.07) is 12.1. The third kappa shape index (κ3) is 5.92. The Morgan fingerprint density at radius 1 is 1.18 bits per heavy atom. The Labute approximate surface area is 170 Å². The van der Waals surface area contributed by atoms with Crippen LogP contribution in [0.15, 0.2) is 42.5 Å². The third-order valence-corrected chi connectivity index (χ3v) is 5.48. The van der Waals surface area contributed by atoms with Crippen molar-refractivity contribution in [3.05, 3.63) is 64.4 Å². The van der Waals surface area contributed by atoms with E-state index in [1.54, 1.807) is 25.3 Å². The number of methoxy groups -OCH3 is 1. The first kappa shape index (κ1) is 21.1. The minimum Gasteiger partial charge on any atom is -0.467 e. The topological polar surface area (TPSA) is 41.9 Å². The van der Waals surface area contributed by atoms with Crippen LogP contribution in [0.1, 0.15) is 30.1 Å². The third-order valence-electron chi connectivity index (χ3n) is 5.24. The highest BCUT2D eigenvalue weighted by Crippen LogP contribution is 2.30. The van der Waals surface area contributed by atoms with Crippen LogP contribution < -0.4 is 4.74 Å². The Morgan fingerprint density at radius 2 is 1.89 bits per heavy atom. The molecule has 0 aliphatic carbocycles. The van der Waals surface area contributed by atoms with E-state index in [0.717, 1.165) is 37.9 Å². The highest BCUT2D eigenvalue weighted by Gasteiger charge is 2.23. The summed E-state index contributed by atoms with van der Waals surface area (Å²) in [6.45, 7) is 2.53. The molecule has 1 aliphatic heterocycles. The van der Waals surface area contributed by atoms with Gasteiger partial charge in [0.1, 0.15) is 11.6 Å². The number of aliphatic hydroxyl groups excluding tert-OH is 1. The zero-order valence-electron chi connectivity index (χ0n) is 16.1. The van der Waals surface area contributed by atoms with Gasteiger partial charge in [-0.2, -0.15) is 0 Å². The average molecular weight is 408 g/mol. The van der Waals surface area contributed by atoms with Crippen molar-refractivity contribution >= 4 is 11.6 Å². The van der Waals surface area contributed by atoms with Crippen LogP contribution in [0.4, 0.5) is 4.39 Å². The van der Waals surface area contributed by atoms with Crippen molar-refractivity contribution in [3.8, 4) is 5.75 Å². The van der Waals surface area contributed by atoms with Crippen molar-refractivity contribution in [1.82, 2.24) is 4.90 Å². The van der Waals surface area contributed by atoms with Gasteiger partial charge in [-0.15, -0.1) is 0 Å². The van der Waals surface area contributed by atoms with E-state index in [9.17, 15) is 9.50 Å². The van der Waals surface area contributed by atoms with Crippen molar-refractivity contribution in [1.29, 1.82) is 0 Å². The maximum atomic E-state index is 13.0. The quantitative estimate of drug-likeness (QED) is 0.656. The number of halogens is 2. The molecule has 4 nitrogen and oxygen atoms in total. The number of piperidine rings is 1. The maximum absolute atomic E-state index is 13.0. The van der Waals surface area contributed by atoms with Crippen molar-refractivity contribution < 1.29 is 19.0 Å². The van der Waals surface area contributed by atoms with Gasteiger partial charge in [-0.3, -0.25) is 0 Å². The van der Waals surface area contributed by atoms with E-state index in [1.807, 2.05) is 12.1 Å². The Kier molecular flexibility index (Phi) is 7.68. The molecular formula is C22H27ClFNO3. The second-order valence-corrected chi connectivity index (χ2v) is 7.76. The molecular weight excluding hydrogens is 381 g/mol. The molecule has 1 fully saturated rings. The standard InChI is InChI=1S/C22H27ClFNO3/c1-27-15-28-22-13-18(23)4-7-20(22)21(26)14-25-10-8-17(9-11-25)12-16-2-5-19(24)6-3-16/h2-7,13,17,21,26H,8-12,14-15H2,1H3. The number of likely N-dealkylation sites (tertiary alicyclic amines) is 1. The van der Waals surface area contributed by atoms with Crippen molar-refractivity contribution in [2.24, 2.45) is 5.92 Å². The summed E-state index contributed by atoms with van der Waals surface area (Å²) < 4.78 is 23.6. The summed E-state index contributed by atoms with van der Waals surface area (Å²) in [7, 11) is 1.55. The molecule has 2 aromatic carbocycles. The molecule has 0 saturated carbocycles. The normalized spacial score (nSPS) is 16.9. The number of aliphatic hydroxyl groups is 1. The van der Waals surface area contributed by atoms with Crippen LogP contribution in [0.25, 0.3) is 0 Å². The van der Waals surface area contributed by atoms with Gasteiger partial charge in [-0.1, -0.05) is 29.8 Å².